The summed E-state index contributed by atoms with van der Waals surface area (Å²) >= 11 is 0. The lowest BCUT2D eigenvalue weighted by Crippen LogP contribution is -2.48. The molecule has 0 aliphatic carbocycles. The first-order valence-electron chi connectivity index (χ1n) is 11.7. The van der Waals surface area contributed by atoms with E-state index in [0.29, 0.717) is 11.3 Å². The Bertz CT molecular complexity index is 1280. The molecule has 1 fully saturated rings. The molecule has 1 amide bonds. The fraction of sp³-hybridized carbons (Fsp3) is 0.478. The molecule has 1 aliphatic rings. The summed E-state index contributed by atoms with van der Waals surface area (Å²) < 4.78 is 31.2. The molecule has 198 valence electrons. The maximum Gasteiger partial charge on any atom is 0.695 e. The lowest BCUT2D eigenvalue weighted by Gasteiger charge is -2.39. The molecule has 3 heterocycles. The van der Waals surface area contributed by atoms with E-state index in [2.05, 4.69) is 41.2 Å². The number of hydrogen-bond donors (Lipinski definition) is 3. The largest absolute Gasteiger partial charge is 0.695 e. The van der Waals surface area contributed by atoms with Crippen molar-refractivity contribution in [3.05, 3.63) is 54.1 Å². The van der Waals surface area contributed by atoms with Crippen LogP contribution in [-0.4, -0.2) is 68.7 Å². The van der Waals surface area contributed by atoms with Crippen LogP contribution in [0, 0.1) is 0 Å². The zero-order valence-electron chi connectivity index (χ0n) is 21.2. The van der Waals surface area contributed by atoms with Gasteiger partial charge in [-0.05, 0) is 30.3 Å². The van der Waals surface area contributed by atoms with Crippen molar-refractivity contribution in [3.8, 4) is 0 Å². The van der Waals surface area contributed by atoms with E-state index in [1.807, 2.05) is 19.2 Å². The van der Waals surface area contributed by atoms with Crippen molar-refractivity contribution in [2.75, 3.05) is 11.9 Å². The van der Waals surface area contributed by atoms with Crippen LogP contribution in [0.5, 0.6) is 0 Å². The van der Waals surface area contributed by atoms with Crippen LogP contribution in [0.25, 0.3) is 5.65 Å². The van der Waals surface area contributed by atoms with Crippen LogP contribution in [0.1, 0.15) is 42.9 Å². The molecule has 1 saturated heterocycles. The van der Waals surface area contributed by atoms with E-state index >= 15 is 0 Å². The van der Waals surface area contributed by atoms with Crippen molar-refractivity contribution in [1.82, 2.24) is 19.6 Å². The van der Waals surface area contributed by atoms with Crippen LogP contribution in [0.4, 0.5) is 5.82 Å². The van der Waals surface area contributed by atoms with Crippen molar-refractivity contribution in [2.24, 2.45) is 0 Å². The third-order valence-electron chi connectivity index (χ3n) is 6.83. The van der Waals surface area contributed by atoms with Crippen LogP contribution in [0.3, 0.4) is 0 Å². The van der Waals surface area contributed by atoms with Gasteiger partial charge in [-0.3, -0.25) is 4.79 Å². The first-order chi connectivity index (χ1) is 17.4. The van der Waals surface area contributed by atoms with Gasteiger partial charge in [0.05, 0.1) is 18.5 Å². The van der Waals surface area contributed by atoms with Gasteiger partial charge in [0.1, 0.15) is 24.6 Å². The van der Waals surface area contributed by atoms with E-state index in [-0.39, 0.29) is 22.4 Å². The van der Waals surface area contributed by atoms with Gasteiger partial charge in [0.15, 0.2) is 25.9 Å². The Morgan fingerprint density at radius 2 is 1.92 bits per heavy atom. The zero-order chi connectivity index (χ0) is 27.0. The Labute approximate surface area is 216 Å². The number of nitrogens with zero attached hydrogens (tertiary/aromatic N) is 4. The van der Waals surface area contributed by atoms with Gasteiger partial charge in [0.25, 0.3) is 5.91 Å². The Morgan fingerprint density at radius 3 is 2.54 bits per heavy atom. The molecule has 0 spiro atoms. The zero-order valence-corrected chi connectivity index (χ0v) is 23.1. The normalized spacial score (nSPS) is 22.8. The molecule has 12 nitrogen and oxygen atoms in total. The van der Waals surface area contributed by atoms with Crippen LogP contribution in [-0.2, 0) is 18.3 Å². The number of aliphatic hydroxyl groups excluding tert-OH is 1. The number of imidazole rings is 1. The fourth-order valence-electron chi connectivity index (χ4n) is 3.88. The molecular weight excluding hydrogens is 517 g/mol. The Hall–Kier alpha value is -2.64. The highest BCUT2D eigenvalue weighted by molar-refractivity contribution is 7.32. The number of nitrogens with one attached hydrogen (secondary N) is 1. The first-order valence-corrected chi connectivity index (χ1v) is 15.8. The average Bonchev–Trinajstić information content (AvgIpc) is 3.40. The highest BCUT2D eigenvalue weighted by Gasteiger charge is 2.55. The summed E-state index contributed by atoms with van der Waals surface area (Å²) in [6, 6.07) is 8.69. The number of carbonyl (C=O) groups excluding carboxylic acids is 1. The molecule has 1 aliphatic heterocycles. The molecule has 1 aromatic carbocycles. The van der Waals surface area contributed by atoms with Crippen LogP contribution in [0.15, 0.2) is 42.9 Å². The number of amides is 1. The number of rotatable bonds is 8. The van der Waals surface area contributed by atoms with Gasteiger partial charge in [-0.2, -0.15) is 5.10 Å². The monoisotopic (exact) mass is 548 g/mol. The highest BCUT2D eigenvalue weighted by Crippen LogP contribution is 2.45. The van der Waals surface area contributed by atoms with Crippen molar-refractivity contribution >= 4 is 33.9 Å². The van der Waals surface area contributed by atoms with Crippen molar-refractivity contribution in [2.45, 2.75) is 63.3 Å². The smallest absolute Gasteiger partial charge is 0.408 e. The molecule has 3 aromatic rings. The van der Waals surface area contributed by atoms with Crippen LogP contribution in [0.2, 0.25) is 18.1 Å². The predicted octanol–water partition coefficient (Wildman–Crippen LogP) is 3.23. The second-order valence-corrected chi connectivity index (χ2v) is 15.7. The second-order valence-electron chi connectivity index (χ2n) is 10.3. The molecule has 0 bridgehead atoms. The Morgan fingerprint density at radius 1 is 1.22 bits per heavy atom. The molecule has 3 N–H and O–H groups in total. The van der Waals surface area contributed by atoms with Gasteiger partial charge in [-0.1, -0.05) is 39.0 Å². The molecule has 0 radical (unpaired) electrons. The van der Waals surface area contributed by atoms with E-state index in [1.54, 1.807) is 24.3 Å². The van der Waals surface area contributed by atoms with Gasteiger partial charge in [0, 0.05) is 10.1 Å². The van der Waals surface area contributed by atoms with E-state index in [0.717, 1.165) is 0 Å². The minimum Gasteiger partial charge on any atom is -0.408 e. The molecule has 2 unspecified atom stereocenters. The molecule has 4 rings (SSSR count). The van der Waals surface area contributed by atoms with E-state index < -0.39 is 47.6 Å². The number of aliphatic hydroxyl groups is 1. The predicted molar refractivity (Wildman–Crippen MR) is 137 cm³/mol. The van der Waals surface area contributed by atoms with Gasteiger partial charge in [0.2, 0.25) is 0 Å². The maximum atomic E-state index is 12.7. The van der Waals surface area contributed by atoms with Gasteiger partial charge >= 0.3 is 8.25 Å². The number of aromatic nitrogens is 4. The van der Waals surface area contributed by atoms with Gasteiger partial charge < -0.3 is 19.6 Å². The van der Waals surface area contributed by atoms with E-state index in [1.165, 1.54) is 17.0 Å². The summed E-state index contributed by atoms with van der Waals surface area (Å²) in [5.41, 5.74) is 1.18. The van der Waals surface area contributed by atoms with Crippen molar-refractivity contribution in [1.29, 1.82) is 0 Å². The summed E-state index contributed by atoms with van der Waals surface area (Å²) in [5, 5.41) is 16.9. The number of ether oxygens (including phenoxy) is 1. The van der Waals surface area contributed by atoms with Crippen LogP contribution < -0.4 is 5.32 Å². The maximum absolute atomic E-state index is 12.7. The van der Waals surface area contributed by atoms with Crippen molar-refractivity contribution in [3.63, 3.8) is 0 Å². The average molecular weight is 549 g/mol. The number of anilines is 1. The Kier molecular flexibility index (Phi) is 7.86. The van der Waals surface area contributed by atoms with Crippen molar-refractivity contribution < 1.29 is 33.0 Å². The quantitative estimate of drug-likeness (QED) is 0.282. The highest BCUT2D eigenvalue weighted by atomic mass is 31.1. The van der Waals surface area contributed by atoms with Gasteiger partial charge in [-0.25, -0.2) is 14.5 Å². The molecular formula is C23H31N5O7PSi+. The minimum atomic E-state index is -2.99. The number of fused-ring (bicyclic) bond motifs is 1. The molecule has 2 aromatic heterocycles. The fourth-order valence-corrected chi connectivity index (χ4v) is 5.63. The SMILES string of the molecule is CC(C)(C)[Si](C)(C)O[C@H]1C(O[P+](=O)O)[C@@H](CO)O[C@H]1c1cnc2c(NC(=O)c3ccccc3)ncnn12. The number of hydrogen-bond acceptors (Lipinski definition) is 9. The van der Waals surface area contributed by atoms with E-state index in [4.69, 9.17) is 13.7 Å². The lowest BCUT2D eigenvalue weighted by atomic mass is 10.1. The van der Waals surface area contributed by atoms with E-state index in [9.17, 15) is 19.4 Å². The number of carbonyl (C=O) groups is 1. The third-order valence-corrected chi connectivity index (χ3v) is 11.7. The summed E-state index contributed by atoms with van der Waals surface area (Å²) in [5.74, 6) is -0.164. The number of benzene rings is 1. The molecule has 5 atom stereocenters. The minimum absolute atomic E-state index is 0.183. The third kappa shape index (κ3) is 5.63. The van der Waals surface area contributed by atoms with Gasteiger partial charge in [-0.15, -0.1) is 9.42 Å². The summed E-state index contributed by atoms with van der Waals surface area (Å²) in [6.07, 6.45) is -0.808. The lowest BCUT2D eigenvalue weighted by molar-refractivity contribution is -0.0205. The second kappa shape index (κ2) is 10.6. The molecule has 37 heavy (non-hydrogen) atoms. The summed E-state index contributed by atoms with van der Waals surface area (Å²) in [7, 11) is -5.42. The Balaban J connectivity index is 1.72. The van der Waals surface area contributed by atoms with Crippen LogP contribution >= 0.6 is 8.25 Å². The summed E-state index contributed by atoms with van der Waals surface area (Å²) in [4.78, 5) is 30.8. The summed E-state index contributed by atoms with van der Waals surface area (Å²) in [6.45, 7) is 9.84. The molecule has 0 saturated carbocycles. The first kappa shape index (κ1) is 27.4. The molecule has 14 heteroatoms. The standard InChI is InChI=1S/C23H30N5O7PSi/c1-23(2,3)37(4,5)35-19-17(33-16(12-29)18(19)34-36(31)32)15-11-24-21-20(25-13-26-28(15)21)27-22(30)14-9-7-6-8-10-14/h6-11,13,16-19,29H,12H2,1-5H3,(H-,25,26,27,30,31,32)/p+1/t16-,17+,18?,19-/m1/s1. The topological polar surface area (TPSA) is 157 Å².